The van der Waals surface area contributed by atoms with Gasteiger partial charge >= 0.3 is 0 Å². The molecule has 41 heteroatoms. The molecule has 0 saturated heterocycles. The van der Waals surface area contributed by atoms with E-state index in [9.17, 15) is 0 Å². The number of benzene rings is 2. The normalized spacial score (nSPS) is 5.98. The zero-order valence-corrected chi connectivity index (χ0v) is 78.8. The summed E-state index contributed by atoms with van der Waals surface area (Å²) in [7, 11) is 0. The largest absolute Gasteiger partial charge is 0.491 e. The highest BCUT2D eigenvalue weighted by atomic mass is 16.5. The molecule has 0 aliphatic heterocycles. The van der Waals surface area contributed by atoms with Gasteiger partial charge in [-0.05, 0) is 35.7 Å². The zero-order valence-electron chi connectivity index (χ0n) is 78.8. The van der Waals surface area contributed by atoms with E-state index in [1.807, 2.05) is 264 Å². The quantitative estimate of drug-likeness (QED) is 0.0338. The van der Waals surface area contributed by atoms with Crippen LogP contribution in [0.1, 0.15) is 244 Å². The molecule has 0 bridgehead atoms. The highest BCUT2D eigenvalue weighted by Crippen LogP contribution is 2.21. The monoisotopic (exact) mass is 1900 g/mol. The lowest BCUT2D eigenvalue weighted by Gasteiger charge is -2.08. The molecule has 0 unspecified atom stereocenters. The summed E-state index contributed by atoms with van der Waals surface area (Å²) in [6.07, 6.45) is 54.9. The molecule has 2 aromatic rings. The van der Waals surface area contributed by atoms with Gasteiger partial charge in [0.25, 0.3) is 6.29 Å². The second kappa shape index (κ2) is 730. The third-order valence-corrected chi connectivity index (χ3v) is 11.8. The molecule has 0 atom stereocenters. The number of rotatable bonds is 44. The standard InChI is InChI=1S/C52H90O3.38CH2O/c53-45-39-35-33-31-29-27-25-23-21-19-17-15-13-11-9-7-5-3-1-2-4-6-8-10-12-14-16-18-20-22-24-26-28-30-32-34-36-40-46-54-47-48-55-52-44-43-50-41-37-38-42-51(50)49-52;38*1-2/h37-38,41-45,49H,1-36,39-40,46-48H2;38*1H2/p+1. The van der Waals surface area contributed by atoms with Crippen LogP contribution in [0.3, 0.4) is 0 Å². The van der Waals surface area contributed by atoms with Gasteiger partial charge in [-0.3, -0.25) is 4.79 Å². The van der Waals surface area contributed by atoms with E-state index in [0.717, 1.165) is 25.2 Å². The van der Waals surface area contributed by atoms with E-state index in [-0.39, 0.29) is 0 Å². The van der Waals surface area contributed by atoms with Crippen LogP contribution in [0.4, 0.5) is 0 Å². The second-order valence-electron chi connectivity index (χ2n) is 17.0. The summed E-state index contributed by atoms with van der Waals surface area (Å²) in [4.78, 5) is 313. The Kier molecular flexibility index (Phi) is 1370. The molecule has 0 aliphatic rings. The number of ether oxygens (including phenoxy) is 2. The molecule has 131 heavy (non-hydrogen) atoms. The first kappa shape index (κ1) is 246. The maximum atomic E-state index is 8.69. The molecular weight excluding hydrogens is 1740 g/mol. The van der Waals surface area contributed by atoms with E-state index in [0.29, 0.717) is 13.2 Å². The van der Waals surface area contributed by atoms with E-state index >= 15 is 0 Å². The Balaban J connectivity index is -0.0000000277. The first-order valence-electron chi connectivity index (χ1n) is 35.5. The van der Waals surface area contributed by atoms with Gasteiger partial charge in [0.1, 0.15) is 270 Å². The van der Waals surface area contributed by atoms with Crippen LogP contribution in [0, 0.1) is 0 Å². The van der Waals surface area contributed by atoms with Crippen LogP contribution >= 0.6 is 0 Å². The third-order valence-electron chi connectivity index (χ3n) is 11.8. The van der Waals surface area contributed by atoms with E-state index < -0.39 is 0 Å². The molecule has 2 aromatic carbocycles. The van der Waals surface area contributed by atoms with Crippen molar-refractivity contribution in [2.24, 2.45) is 0 Å². The topological polar surface area (TPSA) is 689 Å². The van der Waals surface area contributed by atoms with Crippen molar-refractivity contribution in [3.63, 3.8) is 0 Å². The number of fused-ring (bicyclic) bond motifs is 1. The summed E-state index contributed by atoms with van der Waals surface area (Å²) in [6.45, 7) is 78.2. The van der Waals surface area contributed by atoms with E-state index in [1.165, 1.54) is 248 Å². The van der Waals surface area contributed by atoms with Crippen molar-refractivity contribution in [1.82, 2.24) is 0 Å². The Morgan fingerprint density at radius 2 is 0.298 bits per heavy atom. The van der Waals surface area contributed by atoms with Crippen LogP contribution in [-0.2, 0) is 187 Å². The minimum absolute atomic E-state index is 0.621. The van der Waals surface area contributed by atoms with Gasteiger partial charge < -0.3 is 192 Å². The predicted octanol–water partition coefficient (Wildman–Crippen LogP) is 10.2. The molecule has 0 fully saturated rings. The SMILES string of the molecule is C=O.C=O.C=O.C=O.C=O.C=O.C=O.C=O.C=O.C=O.C=O.C=O.C=O.C=O.C=O.C=O.C=O.C=O.C=O.C=O.C=O.C=O.C=O.C=O.C=O.C=O.C=O.C=O.C=O.C=O.C=O.C=O.C=O.C=O.C=O.C=O.C=O.C=O.[OH+]=CCCCCCCCCCCCCCCCCCCCCCCCCCCCCCCCCCCCCCCCOCCOc1ccc2ccccc2c1. The summed E-state index contributed by atoms with van der Waals surface area (Å²) in [5.41, 5.74) is 0. The van der Waals surface area contributed by atoms with Gasteiger partial charge in [0.05, 0.1) is 13.0 Å². The molecule has 0 aliphatic carbocycles. The van der Waals surface area contributed by atoms with Crippen molar-refractivity contribution >= 4 is 275 Å². The van der Waals surface area contributed by atoms with Gasteiger partial charge in [0, 0.05) is 6.61 Å². The number of carbonyl (C=O) groups is 38. The van der Waals surface area contributed by atoms with E-state index in [1.54, 1.807) is 0 Å². The lowest BCUT2D eigenvalue weighted by atomic mass is 10.0. The molecule has 0 spiro atoms. The average molecular weight is 1910 g/mol. The van der Waals surface area contributed by atoms with Gasteiger partial charge in [-0.1, -0.05) is 255 Å². The van der Waals surface area contributed by atoms with Gasteiger partial charge in [0.2, 0.25) is 0 Å². The van der Waals surface area contributed by atoms with Gasteiger partial charge in [0.15, 0.2) is 0 Å². The first-order valence-corrected chi connectivity index (χ1v) is 35.5. The average Bonchev–Trinajstić information content (AvgIpc) is 0.849. The van der Waals surface area contributed by atoms with Crippen LogP contribution in [-0.4, -0.2) is 289 Å². The zero-order chi connectivity index (χ0) is 115. The van der Waals surface area contributed by atoms with Gasteiger partial charge in [-0.2, -0.15) is 0 Å². The fourth-order valence-electron chi connectivity index (χ4n) is 8.20. The van der Waals surface area contributed by atoms with Crippen molar-refractivity contribution in [1.29, 1.82) is 0 Å². The molecule has 2 rings (SSSR count). The van der Waals surface area contributed by atoms with Gasteiger partial charge in [-0.25, -0.2) is 0 Å². The number of hydrogen-bond donors (Lipinski definition) is 0. The van der Waals surface area contributed by atoms with Crippen LogP contribution in [0.25, 0.3) is 10.8 Å². The summed E-state index contributed by atoms with van der Waals surface area (Å²) in [5.74, 6) is 0.928. The van der Waals surface area contributed by atoms with Crippen LogP contribution < -0.4 is 4.74 Å². The molecule has 1 N–H and O–H groups in total. The van der Waals surface area contributed by atoms with E-state index in [2.05, 4.69) is 36.4 Å². The van der Waals surface area contributed by atoms with Crippen LogP contribution in [0.15, 0.2) is 42.5 Å². The molecule has 0 amide bonds. The Labute approximate surface area is 780 Å². The lowest BCUT2D eigenvalue weighted by Crippen LogP contribution is -2.07. The Bertz CT molecular complexity index is 1580. The summed E-state index contributed by atoms with van der Waals surface area (Å²) >= 11 is 0. The molecule has 0 saturated carbocycles. The highest BCUT2D eigenvalue weighted by Gasteiger charge is 2.00. The molecular formula is C90H167O41+. The third kappa shape index (κ3) is 583. The summed E-state index contributed by atoms with van der Waals surface area (Å²) in [6, 6.07) is 14.7. The van der Waals surface area contributed by atoms with Crippen molar-refractivity contribution in [2.45, 2.75) is 244 Å². The van der Waals surface area contributed by atoms with Crippen molar-refractivity contribution in [2.75, 3.05) is 19.8 Å². The molecule has 772 valence electrons. The highest BCUT2D eigenvalue weighted by molar-refractivity contribution is 5.83. The Morgan fingerprint density at radius 1 is 0.160 bits per heavy atom. The minimum atomic E-state index is 0.621. The Hall–Kier alpha value is -14.4. The van der Waals surface area contributed by atoms with Crippen molar-refractivity contribution in [3.8, 4) is 5.75 Å². The van der Waals surface area contributed by atoms with Crippen LogP contribution in [0.5, 0.6) is 5.75 Å². The number of unbranched alkanes of at least 4 members (excludes halogenated alkanes) is 37. The first-order chi connectivity index (χ1) is 65.4. The molecule has 0 aromatic heterocycles. The molecule has 41 nitrogen and oxygen atoms in total. The fraction of sp³-hybridized carbons (Fsp3) is 0.456. The number of carbonyl (C=O) groups excluding carboxylic acids is 39. The van der Waals surface area contributed by atoms with E-state index in [4.69, 9.17) is 196 Å². The smallest absolute Gasteiger partial charge is 0.281 e. The maximum absolute atomic E-state index is 8.69. The summed E-state index contributed by atoms with van der Waals surface area (Å²) < 4.78 is 11.7. The predicted molar refractivity (Wildman–Crippen MR) is 514 cm³/mol. The fourth-order valence-corrected chi connectivity index (χ4v) is 8.20. The number of aldehydes is 1. The molecule has 0 radical (unpaired) electrons. The van der Waals surface area contributed by atoms with Crippen LogP contribution in [0.2, 0.25) is 0 Å². The van der Waals surface area contributed by atoms with Crippen molar-refractivity contribution < 1.29 is 196 Å². The summed E-state index contributed by atoms with van der Waals surface area (Å²) in [5, 5.41) is 2.47. The number of hydrogen-bond acceptors (Lipinski definition) is 40. The lowest BCUT2D eigenvalue weighted by molar-refractivity contribution is -0.0987. The maximum Gasteiger partial charge on any atom is 0.281 e. The Morgan fingerprint density at radius 3 is 0.450 bits per heavy atom. The second-order valence-corrected chi connectivity index (χ2v) is 17.0. The molecule has 0 heterocycles. The minimum Gasteiger partial charge on any atom is -0.491 e. The van der Waals surface area contributed by atoms with Gasteiger partial charge in [-0.15, -0.1) is 0 Å². The van der Waals surface area contributed by atoms with Crippen molar-refractivity contribution in [3.05, 3.63) is 42.5 Å².